The van der Waals surface area contributed by atoms with E-state index in [9.17, 15) is 4.79 Å². The first-order chi connectivity index (χ1) is 9.72. The number of nitrogens with zero attached hydrogens (tertiary/aromatic N) is 1. The number of thiophene rings is 1. The van der Waals surface area contributed by atoms with Crippen LogP contribution in [0.1, 0.15) is 25.7 Å². The number of carboxylic acid groups (broad SMARTS) is 1. The van der Waals surface area contributed by atoms with Crippen LogP contribution in [0.3, 0.4) is 0 Å². The molecule has 1 aromatic carbocycles. The molecule has 1 aliphatic rings. The lowest BCUT2D eigenvalue weighted by molar-refractivity contribution is 0.0702. The van der Waals surface area contributed by atoms with Gasteiger partial charge in [-0.3, -0.25) is 4.90 Å². The summed E-state index contributed by atoms with van der Waals surface area (Å²) in [6, 6.07) is 12.4. The van der Waals surface area contributed by atoms with Gasteiger partial charge >= 0.3 is 5.97 Å². The zero-order valence-electron chi connectivity index (χ0n) is 11.2. The van der Waals surface area contributed by atoms with Crippen LogP contribution in [-0.4, -0.2) is 29.1 Å². The number of rotatable bonds is 3. The smallest absolute Gasteiger partial charge is 0.345 e. The number of carboxylic acids is 1. The Labute approximate surface area is 122 Å². The Hall–Kier alpha value is -1.65. The predicted octanol–water partition coefficient (Wildman–Crippen LogP) is 3.05. The monoisotopic (exact) mass is 287 g/mol. The summed E-state index contributed by atoms with van der Waals surface area (Å²) in [6.45, 7) is 2.97. The van der Waals surface area contributed by atoms with E-state index >= 15 is 0 Å². The van der Waals surface area contributed by atoms with E-state index in [4.69, 9.17) is 5.11 Å². The summed E-state index contributed by atoms with van der Waals surface area (Å²) in [5.74, 6) is -0.802. The van der Waals surface area contributed by atoms with Gasteiger partial charge in [-0.1, -0.05) is 30.3 Å². The molecule has 0 unspecified atom stereocenters. The fourth-order valence-corrected chi connectivity index (χ4v) is 3.68. The van der Waals surface area contributed by atoms with Gasteiger partial charge < -0.3 is 5.11 Å². The van der Waals surface area contributed by atoms with Gasteiger partial charge in [0.1, 0.15) is 4.88 Å². The molecule has 0 bridgehead atoms. The highest BCUT2D eigenvalue weighted by atomic mass is 32.1. The highest BCUT2D eigenvalue weighted by molar-refractivity contribution is 7.14. The van der Waals surface area contributed by atoms with E-state index in [0.717, 1.165) is 32.5 Å². The largest absolute Gasteiger partial charge is 0.477 e. The minimum absolute atomic E-state index is 0.478. The van der Waals surface area contributed by atoms with E-state index in [1.165, 1.54) is 27.3 Å². The Morgan fingerprint density at radius 3 is 2.70 bits per heavy atom. The summed E-state index contributed by atoms with van der Waals surface area (Å²) in [6.07, 6.45) is 1.91. The second-order valence-corrected chi connectivity index (χ2v) is 6.26. The summed E-state index contributed by atoms with van der Waals surface area (Å²) in [5.41, 5.74) is 2.56. The summed E-state index contributed by atoms with van der Waals surface area (Å²) in [5, 5.41) is 9.05. The zero-order chi connectivity index (χ0) is 13.9. The maximum atomic E-state index is 11.0. The van der Waals surface area contributed by atoms with E-state index in [1.807, 2.05) is 12.1 Å². The normalized spacial score (nSPS) is 15.6. The molecule has 1 aromatic heterocycles. The molecule has 0 spiro atoms. The van der Waals surface area contributed by atoms with Crippen LogP contribution in [0.15, 0.2) is 36.4 Å². The third-order valence-electron chi connectivity index (χ3n) is 3.71. The molecule has 2 heterocycles. The van der Waals surface area contributed by atoms with Crippen LogP contribution in [0.2, 0.25) is 0 Å². The first kappa shape index (κ1) is 13.3. The van der Waals surface area contributed by atoms with Crippen LogP contribution < -0.4 is 0 Å². The van der Waals surface area contributed by atoms with E-state index in [0.29, 0.717) is 4.88 Å². The molecule has 20 heavy (non-hydrogen) atoms. The van der Waals surface area contributed by atoms with Gasteiger partial charge in [0.2, 0.25) is 0 Å². The van der Waals surface area contributed by atoms with Crippen molar-refractivity contribution in [2.24, 2.45) is 0 Å². The first-order valence-electron chi connectivity index (χ1n) is 6.83. The number of benzene rings is 1. The number of fused-ring (bicyclic) bond motifs is 1. The lowest BCUT2D eigenvalue weighted by Crippen LogP contribution is -2.25. The number of aromatic carboxylic acids is 1. The number of carbonyl (C=O) groups is 1. The molecular formula is C16H17NO2S. The number of hydrogen-bond donors (Lipinski definition) is 1. The average Bonchev–Trinajstić information content (AvgIpc) is 2.78. The average molecular weight is 287 g/mol. The molecule has 2 aromatic rings. The Morgan fingerprint density at radius 1 is 1.20 bits per heavy atom. The Bertz CT molecular complexity index is 581. The maximum Gasteiger partial charge on any atom is 0.345 e. The third kappa shape index (κ3) is 2.92. The molecular weight excluding hydrogens is 270 g/mol. The molecule has 1 N–H and O–H groups in total. The van der Waals surface area contributed by atoms with Crippen LogP contribution in [0, 0.1) is 0 Å². The maximum absolute atomic E-state index is 11.0. The third-order valence-corrected chi connectivity index (χ3v) is 4.93. The van der Waals surface area contributed by atoms with Crippen LogP contribution in [0.25, 0.3) is 0 Å². The van der Waals surface area contributed by atoms with E-state index in [-0.39, 0.29) is 0 Å². The minimum atomic E-state index is -0.802. The summed E-state index contributed by atoms with van der Waals surface area (Å²) < 4.78 is 0. The van der Waals surface area contributed by atoms with E-state index in [1.54, 1.807) is 0 Å². The summed E-state index contributed by atoms with van der Waals surface area (Å²) in [7, 11) is 0. The molecule has 0 saturated carbocycles. The van der Waals surface area contributed by atoms with Gasteiger partial charge in [-0.05, 0) is 30.0 Å². The molecule has 4 heteroatoms. The highest BCUT2D eigenvalue weighted by Crippen LogP contribution is 2.26. The Morgan fingerprint density at radius 2 is 1.95 bits per heavy atom. The molecule has 0 radical (unpaired) electrons. The van der Waals surface area contributed by atoms with Gasteiger partial charge in [0.25, 0.3) is 0 Å². The van der Waals surface area contributed by atoms with Gasteiger partial charge in [0, 0.05) is 24.5 Å². The summed E-state index contributed by atoms with van der Waals surface area (Å²) in [4.78, 5) is 15.2. The van der Waals surface area contributed by atoms with Gasteiger partial charge in [0.05, 0.1) is 0 Å². The SMILES string of the molecule is O=C(O)c1cc2c(s1)CCN(Cc1ccccc1)CC2. The lowest BCUT2D eigenvalue weighted by atomic mass is 10.1. The summed E-state index contributed by atoms with van der Waals surface area (Å²) >= 11 is 1.44. The van der Waals surface area contributed by atoms with Crippen LogP contribution in [0.5, 0.6) is 0 Å². The van der Waals surface area contributed by atoms with Crippen LogP contribution in [-0.2, 0) is 19.4 Å². The molecule has 3 rings (SSSR count). The van der Waals surface area contributed by atoms with Crippen molar-refractivity contribution in [2.75, 3.05) is 13.1 Å². The van der Waals surface area contributed by atoms with Crippen molar-refractivity contribution in [3.63, 3.8) is 0 Å². The van der Waals surface area contributed by atoms with Gasteiger partial charge in [-0.15, -0.1) is 11.3 Å². The molecule has 0 atom stereocenters. The molecule has 0 amide bonds. The van der Waals surface area contributed by atoms with Crippen LogP contribution in [0.4, 0.5) is 0 Å². The van der Waals surface area contributed by atoms with Gasteiger partial charge in [0.15, 0.2) is 0 Å². The molecule has 3 nitrogen and oxygen atoms in total. The fraction of sp³-hybridized carbons (Fsp3) is 0.312. The van der Waals surface area contributed by atoms with Crippen LogP contribution >= 0.6 is 11.3 Å². The predicted molar refractivity (Wildman–Crippen MR) is 80.4 cm³/mol. The van der Waals surface area contributed by atoms with E-state index in [2.05, 4.69) is 29.2 Å². The quantitative estimate of drug-likeness (QED) is 0.943. The van der Waals surface area contributed by atoms with E-state index < -0.39 is 5.97 Å². The van der Waals surface area contributed by atoms with Crippen molar-refractivity contribution in [1.82, 2.24) is 4.90 Å². The molecule has 0 aliphatic carbocycles. The zero-order valence-corrected chi connectivity index (χ0v) is 12.0. The Balaban J connectivity index is 1.67. The number of hydrogen-bond acceptors (Lipinski definition) is 3. The highest BCUT2D eigenvalue weighted by Gasteiger charge is 2.19. The molecule has 1 aliphatic heterocycles. The molecule has 0 fully saturated rings. The molecule has 0 saturated heterocycles. The van der Waals surface area contributed by atoms with Crippen molar-refractivity contribution in [3.05, 3.63) is 57.3 Å². The topological polar surface area (TPSA) is 40.5 Å². The molecule has 104 valence electrons. The standard InChI is InChI=1S/C16H17NO2S/c18-16(19)15-10-13-6-8-17(9-7-14(13)20-15)11-12-4-2-1-3-5-12/h1-5,10H,6-9,11H2,(H,18,19). The Kier molecular flexibility index (Phi) is 3.85. The minimum Gasteiger partial charge on any atom is -0.477 e. The first-order valence-corrected chi connectivity index (χ1v) is 7.65. The van der Waals surface area contributed by atoms with Gasteiger partial charge in [-0.2, -0.15) is 0 Å². The van der Waals surface area contributed by atoms with Crippen molar-refractivity contribution in [2.45, 2.75) is 19.4 Å². The van der Waals surface area contributed by atoms with Crippen molar-refractivity contribution < 1.29 is 9.90 Å². The van der Waals surface area contributed by atoms with Crippen molar-refractivity contribution in [1.29, 1.82) is 0 Å². The van der Waals surface area contributed by atoms with Gasteiger partial charge in [-0.25, -0.2) is 4.79 Å². The van der Waals surface area contributed by atoms with Crippen molar-refractivity contribution >= 4 is 17.3 Å². The van der Waals surface area contributed by atoms with Crippen molar-refractivity contribution in [3.8, 4) is 0 Å². The fourth-order valence-electron chi connectivity index (χ4n) is 2.64. The second-order valence-electron chi connectivity index (χ2n) is 5.13. The lowest BCUT2D eigenvalue weighted by Gasteiger charge is -2.19. The second kappa shape index (κ2) is 5.77.